The zero-order valence-electron chi connectivity index (χ0n) is 15.4. The first kappa shape index (κ1) is 19.4. The third kappa shape index (κ3) is 5.10. The summed E-state index contributed by atoms with van der Waals surface area (Å²) in [7, 11) is 0. The smallest absolute Gasteiger partial charge is 0.260 e. The minimum Gasteiger partial charge on any atom is -0.484 e. The van der Waals surface area contributed by atoms with Gasteiger partial charge in [-0.3, -0.25) is 9.59 Å². The molecule has 27 heavy (non-hydrogen) atoms. The lowest BCUT2D eigenvalue weighted by Crippen LogP contribution is -2.51. The summed E-state index contributed by atoms with van der Waals surface area (Å²) in [5, 5.41) is 0. The van der Waals surface area contributed by atoms with Crippen LogP contribution < -0.4 is 4.74 Å². The Labute approximate surface area is 168 Å². The van der Waals surface area contributed by atoms with E-state index in [9.17, 15) is 9.59 Å². The van der Waals surface area contributed by atoms with Crippen LogP contribution in [0.25, 0.3) is 0 Å². The van der Waals surface area contributed by atoms with Crippen molar-refractivity contribution in [2.24, 2.45) is 0 Å². The zero-order valence-corrected chi connectivity index (χ0v) is 16.9. The molecule has 1 heterocycles. The van der Waals surface area contributed by atoms with Crippen molar-refractivity contribution in [1.29, 1.82) is 0 Å². The Morgan fingerprint density at radius 3 is 2.11 bits per heavy atom. The van der Waals surface area contributed by atoms with Gasteiger partial charge >= 0.3 is 0 Å². The fraction of sp³-hybridized carbons (Fsp3) is 0.333. The van der Waals surface area contributed by atoms with Crippen LogP contribution in [0.2, 0.25) is 0 Å². The first-order chi connectivity index (χ1) is 13.1. The molecule has 142 valence electrons. The number of rotatable bonds is 5. The number of ether oxygens (including phenoxy) is 1. The topological polar surface area (TPSA) is 49.9 Å². The highest BCUT2D eigenvalue weighted by Crippen LogP contribution is 2.16. The van der Waals surface area contributed by atoms with Gasteiger partial charge in [-0.05, 0) is 48.4 Å². The standard InChI is InChI=1S/C21H23BrN2O3/c1-2-16-3-5-17(6-4-16)21(26)24-13-11-23(12-14-24)20(25)15-27-19-9-7-18(22)8-10-19/h3-10H,2,11-15H2,1H3. The summed E-state index contributed by atoms with van der Waals surface area (Å²) in [5.41, 5.74) is 1.92. The van der Waals surface area contributed by atoms with Crippen molar-refractivity contribution in [3.63, 3.8) is 0 Å². The molecule has 1 fully saturated rings. The van der Waals surface area contributed by atoms with Crippen molar-refractivity contribution in [1.82, 2.24) is 9.80 Å². The number of benzene rings is 2. The molecule has 0 unspecified atom stereocenters. The second kappa shape index (κ2) is 9.04. The average Bonchev–Trinajstić information content (AvgIpc) is 2.73. The summed E-state index contributed by atoms with van der Waals surface area (Å²) in [5.74, 6) is 0.629. The first-order valence-corrected chi connectivity index (χ1v) is 9.90. The summed E-state index contributed by atoms with van der Waals surface area (Å²) in [6, 6.07) is 15.1. The Bertz CT molecular complexity index is 782. The fourth-order valence-electron chi connectivity index (χ4n) is 2.99. The van der Waals surface area contributed by atoms with E-state index in [4.69, 9.17) is 4.74 Å². The number of nitrogens with zero attached hydrogens (tertiary/aromatic N) is 2. The van der Waals surface area contributed by atoms with Gasteiger partial charge < -0.3 is 14.5 Å². The molecule has 5 nitrogen and oxygen atoms in total. The maximum absolute atomic E-state index is 12.6. The van der Waals surface area contributed by atoms with Gasteiger partial charge in [-0.25, -0.2) is 0 Å². The predicted octanol–water partition coefficient (Wildman–Crippen LogP) is 3.37. The summed E-state index contributed by atoms with van der Waals surface area (Å²) in [6.07, 6.45) is 0.956. The van der Waals surface area contributed by atoms with Crippen LogP contribution in [-0.4, -0.2) is 54.4 Å². The Balaban J connectivity index is 1.48. The van der Waals surface area contributed by atoms with Crippen LogP contribution in [0.5, 0.6) is 5.75 Å². The molecule has 0 spiro atoms. The normalized spacial score (nSPS) is 14.1. The molecule has 0 radical (unpaired) electrons. The molecule has 0 bridgehead atoms. The van der Waals surface area contributed by atoms with Crippen LogP contribution in [0, 0.1) is 0 Å². The van der Waals surface area contributed by atoms with Crippen molar-refractivity contribution < 1.29 is 14.3 Å². The molecule has 2 amide bonds. The molecule has 1 aliphatic rings. The average molecular weight is 431 g/mol. The van der Waals surface area contributed by atoms with Gasteiger partial charge in [-0.2, -0.15) is 0 Å². The molecule has 6 heteroatoms. The predicted molar refractivity (Wildman–Crippen MR) is 108 cm³/mol. The van der Waals surface area contributed by atoms with Gasteiger partial charge in [-0.1, -0.05) is 35.0 Å². The van der Waals surface area contributed by atoms with E-state index in [0.717, 1.165) is 10.9 Å². The van der Waals surface area contributed by atoms with Gasteiger partial charge in [0.15, 0.2) is 6.61 Å². The van der Waals surface area contributed by atoms with Crippen LogP contribution >= 0.6 is 15.9 Å². The summed E-state index contributed by atoms with van der Waals surface area (Å²) in [6.45, 7) is 4.24. The highest BCUT2D eigenvalue weighted by molar-refractivity contribution is 9.10. The monoisotopic (exact) mass is 430 g/mol. The largest absolute Gasteiger partial charge is 0.484 e. The van der Waals surface area contributed by atoms with Crippen molar-refractivity contribution in [3.05, 3.63) is 64.1 Å². The third-order valence-electron chi connectivity index (χ3n) is 4.70. The highest BCUT2D eigenvalue weighted by Gasteiger charge is 2.25. The number of hydrogen-bond donors (Lipinski definition) is 0. The number of piperazine rings is 1. The van der Waals surface area contributed by atoms with E-state index in [-0.39, 0.29) is 18.4 Å². The number of carbonyl (C=O) groups is 2. The number of aryl methyl sites for hydroxylation is 1. The van der Waals surface area contributed by atoms with Crippen molar-refractivity contribution in [2.75, 3.05) is 32.8 Å². The van der Waals surface area contributed by atoms with E-state index >= 15 is 0 Å². The lowest BCUT2D eigenvalue weighted by atomic mass is 10.1. The molecular formula is C21H23BrN2O3. The lowest BCUT2D eigenvalue weighted by Gasteiger charge is -2.34. The van der Waals surface area contributed by atoms with Crippen molar-refractivity contribution in [2.45, 2.75) is 13.3 Å². The van der Waals surface area contributed by atoms with E-state index in [2.05, 4.69) is 22.9 Å². The van der Waals surface area contributed by atoms with Crippen LogP contribution in [-0.2, 0) is 11.2 Å². The second-order valence-electron chi connectivity index (χ2n) is 6.47. The molecule has 0 atom stereocenters. The van der Waals surface area contributed by atoms with E-state index in [1.54, 1.807) is 9.80 Å². The van der Waals surface area contributed by atoms with Crippen LogP contribution in [0.15, 0.2) is 53.0 Å². The second-order valence-corrected chi connectivity index (χ2v) is 7.38. The Hall–Kier alpha value is -2.34. The summed E-state index contributed by atoms with van der Waals surface area (Å²) >= 11 is 3.37. The zero-order chi connectivity index (χ0) is 19.2. The molecule has 0 aromatic heterocycles. The molecule has 1 aliphatic heterocycles. The van der Waals surface area contributed by atoms with E-state index in [1.165, 1.54) is 5.56 Å². The van der Waals surface area contributed by atoms with Crippen molar-refractivity contribution >= 4 is 27.7 Å². The molecule has 3 rings (SSSR count). The van der Waals surface area contributed by atoms with E-state index in [1.807, 2.05) is 48.5 Å². The number of hydrogen-bond acceptors (Lipinski definition) is 3. The lowest BCUT2D eigenvalue weighted by molar-refractivity contribution is -0.134. The molecule has 0 aliphatic carbocycles. The maximum atomic E-state index is 12.6. The van der Waals surface area contributed by atoms with Crippen molar-refractivity contribution in [3.8, 4) is 5.75 Å². The molecule has 2 aromatic rings. The first-order valence-electron chi connectivity index (χ1n) is 9.11. The fourth-order valence-corrected chi connectivity index (χ4v) is 3.26. The van der Waals surface area contributed by atoms with Gasteiger partial charge in [0.05, 0.1) is 0 Å². The summed E-state index contributed by atoms with van der Waals surface area (Å²) < 4.78 is 6.51. The molecular weight excluding hydrogens is 408 g/mol. The SMILES string of the molecule is CCc1ccc(C(=O)N2CCN(C(=O)COc3ccc(Br)cc3)CC2)cc1. The van der Waals surface area contributed by atoms with Gasteiger partial charge in [0.1, 0.15) is 5.75 Å². The van der Waals surface area contributed by atoms with Gasteiger partial charge in [0, 0.05) is 36.2 Å². The maximum Gasteiger partial charge on any atom is 0.260 e. The van der Waals surface area contributed by atoms with E-state index < -0.39 is 0 Å². The van der Waals surface area contributed by atoms with Crippen LogP contribution in [0.1, 0.15) is 22.8 Å². The Morgan fingerprint density at radius 2 is 1.52 bits per heavy atom. The molecule has 0 N–H and O–H groups in total. The van der Waals surface area contributed by atoms with Gasteiger partial charge in [0.25, 0.3) is 11.8 Å². The minimum absolute atomic E-state index is 0.00799. The number of amides is 2. The minimum atomic E-state index is -0.0580. The van der Waals surface area contributed by atoms with Crippen LogP contribution in [0.3, 0.4) is 0 Å². The molecule has 1 saturated heterocycles. The Morgan fingerprint density at radius 1 is 0.926 bits per heavy atom. The quantitative estimate of drug-likeness (QED) is 0.730. The van der Waals surface area contributed by atoms with E-state index in [0.29, 0.717) is 37.5 Å². The van der Waals surface area contributed by atoms with Gasteiger partial charge in [-0.15, -0.1) is 0 Å². The molecule has 0 saturated carbocycles. The van der Waals surface area contributed by atoms with Crippen LogP contribution in [0.4, 0.5) is 0 Å². The third-order valence-corrected chi connectivity index (χ3v) is 5.23. The molecule has 2 aromatic carbocycles. The number of carbonyl (C=O) groups excluding carboxylic acids is 2. The van der Waals surface area contributed by atoms with Gasteiger partial charge in [0.2, 0.25) is 0 Å². The summed E-state index contributed by atoms with van der Waals surface area (Å²) in [4.78, 5) is 28.5. The number of halogens is 1. The Kier molecular flexibility index (Phi) is 6.50. The highest BCUT2D eigenvalue weighted by atomic mass is 79.9.